The summed E-state index contributed by atoms with van der Waals surface area (Å²) in [5.74, 6) is -0.837. The lowest BCUT2D eigenvalue weighted by atomic mass is 10.1. The number of nitrogens with zero attached hydrogens (tertiary/aromatic N) is 3. The first-order valence-corrected chi connectivity index (χ1v) is 12.2. The first-order chi connectivity index (χ1) is 14.4. The highest BCUT2D eigenvalue weighted by molar-refractivity contribution is 8.02. The number of unbranched alkanes of at least 4 members (excludes halogenated alkanes) is 4. The normalized spacial score (nSPS) is 11.3. The smallest absolute Gasteiger partial charge is 0.319 e. The standard InChI is InChI=1S/C23H31N3O2S2/c1-4-5-6-7-8-13-26(20-11-9-10-18(15-20)16-24)14-12-19-17-29-22(25-19)30-23(2,3)21(27)28/h9-11,15,17H,4-8,12-14H2,1-3H3,(H,27,28). The molecule has 1 heterocycles. The number of rotatable bonds is 13. The minimum atomic E-state index is -0.891. The van der Waals surface area contributed by atoms with Gasteiger partial charge in [-0.25, -0.2) is 4.98 Å². The van der Waals surface area contributed by atoms with E-state index in [1.165, 1.54) is 48.8 Å². The van der Waals surface area contributed by atoms with Crippen LogP contribution in [0, 0.1) is 11.3 Å². The van der Waals surface area contributed by atoms with E-state index in [4.69, 9.17) is 0 Å². The molecule has 0 radical (unpaired) electrons. The fourth-order valence-electron chi connectivity index (χ4n) is 3.01. The Labute approximate surface area is 188 Å². The zero-order valence-corrected chi connectivity index (χ0v) is 19.7. The van der Waals surface area contributed by atoms with E-state index in [1.54, 1.807) is 13.8 Å². The zero-order chi connectivity index (χ0) is 22.0. The van der Waals surface area contributed by atoms with Gasteiger partial charge in [-0.15, -0.1) is 11.3 Å². The highest BCUT2D eigenvalue weighted by Crippen LogP contribution is 2.34. The summed E-state index contributed by atoms with van der Waals surface area (Å²) < 4.78 is -0.104. The van der Waals surface area contributed by atoms with Crippen molar-refractivity contribution in [2.45, 2.75) is 68.4 Å². The fraction of sp³-hybridized carbons (Fsp3) is 0.522. The number of hydrogen-bond donors (Lipinski definition) is 1. The average molecular weight is 446 g/mol. The van der Waals surface area contributed by atoms with E-state index in [1.807, 2.05) is 23.6 Å². The van der Waals surface area contributed by atoms with Crippen LogP contribution in [0.1, 0.15) is 64.1 Å². The summed E-state index contributed by atoms with van der Waals surface area (Å²) in [6, 6.07) is 10.00. The number of thioether (sulfide) groups is 1. The maximum absolute atomic E-state index is 11.3. The number of aromatic nitrogens is 1. The maximum Gasteiger partial charge on any atom is 0.319 e. The van der Waals surface area contributed by atoms with Gasteiger partial charge in [0.1, 0.15) is 4.75 Å². The molecule has 0 unspecified atom stereocenters. The second-order valence-corrected chi connectivity index (χ2v) is 10.6. The van der Waals surface area contributed by atoms with Crippen molar-refractivity contribution >= 4 is 34.8 Å². The summed E-state index contributed by atoms with van der Waals surface area (Å²) in [7, 11) is 0. The third kappa shape index (κ3) is 7.66. The van der Waals surface area contributed by atoms with Gasteiger partial charge in [-0.1, -0.05) is 50.4 Å². The van der Waals surface area contributed by atoms with Gasteiger partial charge in [0.25, 0.3) is 0 Å². The van der Waals surface area contributed by atoms with Gasteiger partial charge < -0.3 is 10.0 Å². The van der Waals surface area contributed by atoms with Gasteiger partial charge >= 0.3 is 5.97 Å². The van der Waals surface area contributed by atoms with Crippen LogP contribution in [0.4, 0.5) is 5.69 Å². The molecule has 0 spiro atoms. The van der Waals surface area contributed by atoms with Crippen molar-refractivity contribution in [1.29, 1.82) is 5.26 Å². The Bertz CT molecular complexity index is 858. The number of thiazole rings is 1. The Morgan fingerprint density at radius 2 is 2.03 bits per heavy atom. The van der Waals surface area contributed by atoms with Crippen LogP contribution in [0.5, 0.6) is 0 Å². The van der Waals surface area contributed by atoms with Crippen LogP contribution in [-0.4, -0.2) is 33.9 Å². The first-order valence-electron chi connectivity index (χ1n) is 10.5. The van der Waals surface area contributed by atoms with Gasteiger partial charge in [-0.3, -0.25) is 4.79 Å². The van der Waals surface area contributed by atoms with Gasteiger partial charge in [0.15, 0.2) is 4.34 Å². The monoisotopic (exact) mass is 445 g/mol. The number of carbonyl (C=O) groups is 1. The molecule has 1 N–H and O–H groups in total. The predicted octanol–water partition coefficient (Wildman–Crippen LogP) is 5.99. The quantitative estimate of drug-likeness (QED) is 0.301. The van der Waals surface area contributed by atoms with Crippen LogP contribution in [0.3, 0.4) is 0 Å². The van der Waals surface area contributed by atoms with E-state index < -0.39 is 10.7 Å². The molecule has 162 valence electrons. The molecular formula is C23H31N3O2S2. The van der Waals surface area contributed by atoms with Crippen LogP contribution in [0.15, 0.2) is 34.0 Å². The Balaban J connectivity index is 2.01. The SMILES string of the molecule is CCCCCCCN(CCc1csc(SC(C)(C)C(=O)O)n1)c1cccc(C#N)c1. The van der Waals surface area contributed by atoms with Gasteiger partial charge in [-0.05, 0) is 38.5 Å². The number of hydrogen-bond acceptors (Lipinski definition) is 6. The van der Waals surface area contributed by atoms with Crippen LogP contribution in [0.2, 0.25) is 0 Å². The molecule has 2 aromatic rings. The summed E-state index contributed by atoms with van der Waals surface area (Å²) in [5, 5.41) is 20.6. The molecule has 0 aliphatic heterocycles. The molecule has 0 amide bonds. The second-order valence-electron chi connectivity index (χ2n) is 7.84. The molecule has 7 heteroatoms. The van der Waals surface area contributed by atoms with Gasteiger partial charge in [0.05, 0.1) is 17.3 Å². The van der Waals surface area contributed by atoms with Crippen LogP contribution in [0.25, 0.3) is 0 Å². The molecule has 0 saturated carbocycles. The van der Waals surface area contributed by atoms with Crippen molar-refractivity contribution in [3.63, 3.8) is 0 Å². The summed E-state index contributed by atoms with van der Waals surface area (Å²) in [6.45, 7) is 7.39. The average Bonchev–Trinajstić information content (AvgIpc) is 3.16. The molecule has 1 aromatic heterocycles. The molecule has 0 fully saturated rings. The third-order valence-corrected chi connectivity index (χ3v) is 7.07. The Morgan fingerprint density at radius 3 is 2.73 bits per heavy atom. The van der Waals surface area contributed by atoms with Crippen LogP contribution < -0.4 is 4.90 Å². The Hall–Kier alpha value is -2.04. The second kappa shape index (κ2) is 12.0. The molecule has 0 aliphatic rings. The lowest BCUT2D eigenvalue weighted by Crippen LogP contribution is -2.27. The highest BCUT2D eigenvalue weighted by atomic mass is 32.2. The van der Waals surface area contributed by atoms with Crippen LogP contribution >= 0.6 is 23.1 Å². The van der Waals surface area contributed by atoms with Gasteiger partial charge in [-0.2, -0.15) is 5.26 Å². The first kappa shape index (κ1) is 24.2. The minimum Gasteiger partial charge on any atom is -0.480 e. The van der Waals surface area contributed by atoms with Gasteiger partial charge in [0.2, 0.25) is 0 Å². The molecule has 0 atom stereocenters. The largest absolute Gasteiger partial charge is 0.480 e. The van der Waals surface area contributed by atoms with Crippen molar-refractivity contribution in [3.05, 3.63) is 40.9 Å². The number of aliphatic carboxylic acids is 1. The Morgan fingerprint density at radius 1 is 1.27 bits per heavy atom. The molecule has 30 heavy (non-hydrogen) atoms. The molecule has 2 rings (SSSR count). The highest BCUT2D eigenvalue weighted by Gasteiger charge is 2.29. The number of nitriles is 1. The molecule has 0 saturated heterocycles. The third-order valence-electron chi connectivity index (χ3n) is 4.90. The van der Waals surface area contributed by atoms with E-state index in [0.717, 1.165) is 41.7 Å². The number of benzene rings is 1. The van der Waals surface area contributed by atoms with Gasteiger partial charge in [0, 0.05) is 30.6 Å². The lowest BCUT2D eigenvalue weighted by molar-refractivity contribution is -0.138. The molecular weight excluding hydrogens is 414 g/mol. The Kier molecular flexibility index (Phi) is 9.67. The van der Waals surface area contributed by atoms with E-state index in [0.29, 0.717) is 5.56 Å². The summed E-state index contributed by atoms with van der Waals surface area (Å²) in [4.78, 5) is 18.3. The van der Waals surface area contributed by atoms with Crippen molar-refractivity contribution < 1.29 is 9.90 Å². The van der Waals surface area contributed by atoms with E-state index in [2.05, 4.69) is 28.9 Å². The topological polar surface area (TPSA) is 77.2 Å². The summed E-state index contributed by atoms with van der Waals surface area (Å²) >= 11 is 2.79. The van der Waals surface area contributed by atoms with E-state index >= 15 is 0 Å². The number of anilines is 1. The van der Waals surface area contributed by atoms with Crippen molar-refractivity contribution in [1.82, 2.24) is 4.98 Å². The maximum atomic E-state index is 11.3. The van der Waals surface area contributed by atoms with Crippen molar-refractivity contribution in [2.24, 2.45) is 0 Å². The zero-order valence-electron chi connectivity index (χ0n) is 18.1. The molecule has 1 aromatic carbocycles. The lowest BCUT2D eigenvalue weighted by Gasteiger charge is -2.25. The van der Waals surface area contributed by atoms with E-state index in [9.17, 15) is 15.2 Å². The molecule has 0 bridgehead atoms. The van der Waals surface area contributed by atoms with Crippen molar-refractivity contribution in [2.75, 3.05) is 18.0 Å². The predicted molar refractivity (Wildman–Crippen MR) is 126 cm³/mol. The summed E-state index contributed by atoms with van der Waals surface area (Å²) in [6.07, 6.45) is 6.89. The molecule has 0 aliphatic carbocycles. The molecule has 5 nitrogen and oxygen atoms in total. The fourth-order valence-corrected chi connectivity index (χ4v) is 5.24. The van der Waals surface area contributed by atoms with E-state index in [-0.39, 0.29) is 0 Å². The number of carboxylic acid groups (broad SMARTS) is 1. The summed E-state index contributed by atoms with van der Waals surface area (Å²) in [5.41, 5.74) is 2.73. The minimum absolute atomic E-state index is 0.673. The number of carboxylic acids is 1. The van der Waals surface area contributed by atoms with Crippen molar-refractivity contribution in [3.8, 4) is 6.07 Å². The van der Waals surface area contributed by atoms with Crippen LogP contribution in [-0.2, 0) is 11.2 Å².